The summed E-state index contributed by atoms with van der Waals surface area (Å²) in [5, 5.41) is 0. The number of amides is 1. The van der Waals surface area contributed by atoms with Crippen molar-refractivity contribution in [2.75, 3.05) is 30.3 Å². The van der Waals surface area contributed by atoms with Gasteiger partial charge in [-0.1, -0.05) is 6.07 Å². The van der Waals surface area contributed by atoms with Crippen molar-refractivity contribution in [3.05, 3.63) is 23.8 Å². The molecule has 19 heavy (non-hydrogen) atoms. The van der Waals surface area contributed by atoms with E-state index in [1.165, 1.54) is 0 Å². The first-order chi connectivity index (χ1) is 9.13. The summed E-state index contributed by atoms with van der Waals surface area (Å²) in [6.45, 7) is 4.54. The highest BCUT2D eigenvalue weighted by atomic mass is 16.5. The van der Waals surface area contributed by atoms with Gasteiger partial charge in [0.15, 0.2) is 0 Å². The average Bonchev–Trinajstić information content (AvgIpc) is 2.40. The van der Waals surface area contributed by atoms with Crippen LogP contribution < -0.4 is 16.4 Å². The summed E-state index contributed by atoms with van der Waals surface area (Å²) in [4.78, 5) is 13.5. The molecule has 1 saturated heterocycles. The van der Waals surface area contributed by atoms with Gasteiger partial charge in [-0.2, -0.15) is 0 Å². The maximum atomic E-state index is 11.3. The summed E-state index contributed by atoms with van der Waals surface area (Å²) >= 11 is 0. The van der Waals surface area contributed by atoms with E-state index in [2.05, 4.69) is 4.90 Å². The number of piperidine rings is 1. The molecule has 4 N–H and O–H groups in total. The molecule has 104 valence electrons. The van der Waals surface area contributed by atoms with Crippen molar-refractivity contribution >= 4 is 17.3 Å². The molecule has 1 aromatic rings. The number of carbonyl (C=O) groups excluding carboxylic acids is 1. The van der Waals surface area contributed by atoms with Gasteiger partial charge in [-0.15, -0.1) is 0 Å². The van der Waals surface area contributed by atoms with E-state index in [-0.39, 0.29) is 0 Å². The molecule has 1 aliphatic rings. The third-order valence-electron chi connectivity index (χ3n) is 3.53. The van der Waals surface area contributed by atoms with Gasteiger partial charge in [0, 0.05) is 19.7 Å². The molecular formula is C14H21N3O2. The average molecular weight is 263 g/mol. The van der Waals surface area contributed by atoms with Crippen LogP contribution >= 0.6 is 0 Å². The van der Waals surface area contributed by atoms with Crippen LogP contribution in [-0.2, 0) is 4.74 Å². The van der Waals surface area contributed by atoms with Crippen molar-refractivity contribution in [3.8, 4) is 0 Å². The number of nitrogens with two attached hydrogens (primary N) is 2. The van der Waals surface area contributed by atoms with E-state index in [4.69, 9.17) is 16.2 Å². The second-order valence-electron chi connectivity index (χ2n) is 4.74. The number of nitrogens with zero attached hydrogens (tertiary/aromatic N) is 1. The van der Waals surface area contributed by atoms with E-state index in [0.29, 0.717) is 17.4 Å². The highest BCUT2D eigenvalue weighted by Gasteiger charge is 2.22. The van der Waals surface area contributed by atoms with Gasteiger partial charge in [-0.05, 0) is 31.9 Å². The van der Waals surface area contributed by atoms with Crippen LogP contribution in [0.5, 0.6) is 0 Å². The van der Waals surface area contributed by atoms with Crippen LogP contribution in [0.15, 0.2) is 18.2 Å². The van der Waals surface area contributed by atoms with E-state index >= 15 is 0 Å². The monoisotopic (exact) mass is 263 g/mol. The van der Waals surface area contributed by atoms with Gasteiger partial charge in [0.2, 0.25) is 0 Å². The van der Waals surface area contributed by atoms with Gasteiger partial charge in [0.1, 0.15) is 0 Å². The summed E-state index contributed by atoms with van der Waals surface area (Å²) in [6, 6.07) is 5.41. The molecule has 1 heterocycles. The van der Waals surface area contributed by atoms with Crippen molar-refractivity contribution in [1.29, 1.82) is 0 Å². The maximum absolute atomic E-state index is 11.3. The molecule has 1 aromatic carbocycles. The van der Waals surface area contributed by atoms with Gasteiger partial charge >= 0.3 is 0 Å². The van der Waals surface area contributed by atoms with Gasteiger partial charge in [-0.3, -0.25) is 4.79 Å². The highest BCUT2D eigenvalue weighted by molar-refractivity contribution is 6.00. The fraction of sp³-hybridized carbons (Fsp3) is 0.500. The standard InChI is InChI=1S/C14H21N3O2/c1-2-19-10-6-8-17(9-7-10)12-5-3-4-11(13(12)15)14(16)18/h3-5,10H,2,6-9,15H2,1H3,(H2,16,18). The predicted octanol–water partition coefficient (Wildman–Crippen LogP) is 1.37. The Morgan fingerprint density at radius 2 is 2.11 bits per heavy atom. The number of hydrogen-bond donors (Lipinski definition) is 2. The Balaban J connectivity index is 2.11. The Hall–Kier alpha value is -1.75. The van der Waals surface area contributed by atoms with Crippen molar-refractivity contribution in [2.45, 2.75) is 25.9 Å². The Bertz CT molecular complexity index is 454. The van der Waals surface area contributed by atoms with Crippen LogP contribution in [0.3, 0.4) is 0 Å². The van der Waals surface area contributed by atoms with Crippen LogP contribution in [0, 0.1) is 0 Å². The molecule has 5 nitrogen and oxygen atoms in total. The lowest BCUT2D eigenvalue weighted by molar-refractivity contribution is 0.0459. The first-order valence-corrected chi connectivity index (χ1v) is 6.68. The summed E-state index contributed by atoms with van der Waals surface area (Å²) in [7, 11) is 0. The second-order valence-corrected chi connectivity index (χ2v) is 4.74. The molecule has 5 heteroatoms. The largest absolute Gasteiger partial charge is 0.396 e. The summed E-state index contributed by atoms with van der Waals surface area (Å²) in [5.41, 5.74) is 13.1. The zero-order valence-electron chi connectivity index (χ0n) is 11.3. The number of para-hydroxylation sites is 1. The highest BCUT2D eigenvalue weighted by Crippen LogP contribution is 2.29. The molecule has 0 atom stereocenters. The van der Waals surface area contributed by atoms with E-state index in [1.54, 1.807) is 6.07 Å². The smallest absolute Gasteiger partial charge is 0.250 e. The molecule has 1 amide bonds. The number of rotatable bonds is 4. The zero-order chi connectivity index (χ0) is 13.8. The number of nitrogen functional groups attached to an aromatic ring is 1. The lowest BCUT2D eigenvalue weighted by atomic mass is 10.0. The SMILES string of the molecule is CCOC1CCN(c2cccc(C(N)=O)c2N)CC1. The number of anilines is 2. The molecule has 0 saturated carbocycles. The third-order valence-corrected chi connectivity index (χ3v) is 3.53. The van der Waals surface area contributed by atoms with Crippen molar-refractivity contribution in [1.82, 2.24) is 0 Å². The minimum Gasteiger partial charge on any atom is -0.396 e. The minimum absolute atomic E-state index is 0.335. The molecule has 0 unspecified atom stereocenters. The van der Waals surface area contributed by atoms with Crippen LogP contribution in [0.25, 0.3) is 0 Å². The fourth-order valence-corrected chi connectivity index (χ4v) is 2.54. The van der Waals surface area contributed by atoms with Crippen molar-refractivity contribution in [3.63, 3.8) is 0 Å². The van der Waals surface area contributed by atoms with Gasteiger partial charge < -0.3 is 21.1 Å². The lowest BCUT2D eigenvalue weighted by Crippen LogP contribution is -2.37. The minimum atomic E-state index is -0.483. The van der Waals surface area contributed by atoms with Crippen LogP contribution in [0.4, 0.5) is 11.4 Å². The molecule has 0 spiro atoms. The normalized spacial score (nSPS) is 16.6. The van der Waals surface area contributed by atoms with Crippen molar-refractivity contribution in [2.24, 2.45) is 5.73 Å². The van der Waals surface area contributed by atoms with Gasteiger partial charge in [0.25, 0.3) is 5.91 Å². The van der Waals surface area contributed by atoms with E-state index in [0.717, 1.165) is 38.2 Å². The summed E-state index contributed by atoms with van der Waals surface area (Å²) < 4.78 is 5.63. The summed E-state index contributed by atoms with van der Waals surface area (Å²) in [5.74, 6) is -0.483. The number of carbonyl (C=O) groups is 1. The van der Waals surface area contributed by atoms with Crippen molar-refractivity contribution < 1.29 is 9.53 Å². The number of hydrogen-bond acceptors (Lipinski definition) is 4. The lowest BCUT2D eigenvalue weighted by Gasteiger charge is -2.34. The Labute approximate surface area is 113 Å². The fourth-order valence-electron chi connectivity index (χ4n) is 2.54. The topological polar surface area (TPSA) is 81.6 Å². The molecule has 0 bridgehead atoms. The first kappa shape index (κ1) is 13.7. The van der Waals surface area contributed by atoms with E-state index < -0.39 is 5.91 Å². The Kier molecular flexibility index (Phi) is 4.27. The maximum Gasteiger partial charge on any atom is 0.250 e. The second kappa shape index (κ2) is 5.93. The number of primary amides is 1. The number of benzene rings is 1. The number of ether oxygens (including phenoxy) is 1. The van der Waals surface area contributed by atoms with Crippen LogP contribution in [-0.4, -0.2) is 31.7 Å². The molecule has 0 aliphatic carbocycles. The van der Waals surface area contributed by atoms with Gasteiger partial charge in [0.05, 0.1) is 23.0 Å². The predicted molar refractivity (Wildman–Crippen MR) is 76.2 cm³/mol. The molecule has 0 radical (unpaired) electrons. The molecular weight excluding hydrogens is 242 g/mol. The third kappa shape index (κ3) is 2.98. The Morgan fingerprint density at radius 3 is 2.68 bits per heavy atom. The van der Waals surface area contributed by atoms with Crippen LogP contribution in [0.1, 0.15) is 30.1 Å². The Morgan fingerprint density at radius 1 is 1.42 bits per heavy atom. The molecule has 1 fully saturated rings. The first-order valence-electron chi connectivity index (χ1n) is 6.68. The van der Waals surface area contributed by atoms with Gasteiger partial charge in [-0.25, -0.2) is 0 Å². The molecule has 1 aliphatic heterocycles. The van der Waals surface area contributed by atoms with E-state index in [9.17, 15) is 4.79 Å². The zero-order valence-corrected chi connectivity index (χ0v) is 11.3. The summed E-state index contributed by atoms with van der Waals surface area (Å²) in [6.07, 6.45) is 2.30. The molecule has 2 rings (SSSR count). The van der Waals surface area contributed by atoms with Crippen LogP contribution in [0.2, 0.25) is 0 Å². The van der Waals surface area contributed by atoms with E-state index in [1.807, 2.05) is 19.1 Å². The quantitative estimate of drug-likeness (QED) is 0.804. The molecule has 0 aromatic heterocycles.